The maximum atomic E-state index is 13.4. The van der Waals surface area contributed by atoms with Gasteiger partial charge in [0.1, 0.15) is 0 Å². The number of hydrogen-bond acceptors (Lipinski definition) is 3. The quantitative estimate of drug-likeness (QED) is 0.810. The van der Waals surface area contributed by atoms with Crippen LogP contribution in [0.5, 0.6) is 0 Å². The molecule has 5 heteroatoms. The number of carbonyl (C=O) groups is 2. The third-order valence-corrected chi connectivity index (χ3v) is 5.87. The summed E-state index contributed by atoms with van der Waals surface area (Å²) >= 11 is 0. The fourth-order valence-corrected chi connectivity index (χ4v) is 4.16. The predicted molar refractivity (Wildman–Crippen MR) is 115 cm³/mol. The molecule has 0 spiro atoms. The first-order valence-electron chi connectivity index (χ1n) is 10.9. The minimum Gasteiger partial charge on any atom is -0.371 e. The van der Waals surface area contributed by atoms with Gasteiger partial charge in [0.15, 0.2) is 0 Å². The van der Waals surface area contributed by atoms with E-state index in [1.807, 2.05) is 36.9 Å². The highest BCUT2D eigenvalue weighted by molar-refractivity contribution is 6.02. The summed E-state index contributed by atoms with van der Waals surface area (Å²) in [5.41, 5.74) is 2.48. The Morgan fingerprint density at radius 1 is 1.07 bits per heavy atom. The van der Waals surface area contributed by atoms with Crippen molar-refractivity contribution in [2.45, 2.75) is 59.3 Å². The molecule has 0 atom stereocenters. The van der Waals surface area contributed by atoms with Crippen LogP contribution in [0, 0.1) is 11.8 Å². The number of nitrogens with one attached hydrogen (secondary N) is 1. The largest absolute Gasteiger partial charge is 0.371 e. The highest BCUT2D eigenvalue weighted by Gasteiger charge is 2.26. The second-order valence-electron chi connectivity index (χ2n) is 8.90. The second-order valence-corrected chi connectivity index (χ2v) is 8.90. The van der Waals surface area contributed by atoms with Crippen molar-refractivity contribution in [3.8, 4) is 0 Å². The van der Waals surface area contributed by atoms with E-state index in [1.54, 1.807) is 0 Å². The maximum Gasteiger partial charge on any atom is 0.256 e. The van der Waals surface area contributed by atoms with Crippen molar-refractivity contribution in [2.75, 3.05) is 36.4 Å². The Morgan fingerprint density at radius 3 is 2.39 bits per heavy atom. The molecule has 2 aliphatic rings. The van der Waals surface area contributed by atoms with Crippen LogP contribution >= 0.6 is 0 Å². The van der Waals surface area contributed by atoms with Crippen molar-refractivity contribution in [3.05, 3.63) is 23.8 Å². The molecular weight excluding hydrogens is 350 g/mol. The molecule has 0 bridgehead atoms. The summed E-state index contributed by atoms with van der Waals surface area (Å²) in [6.07, 6.45) is 6.21. The zero-order valence-electron chi connectivity index (χ0n) is 17.7. The first-order valence-corrected chi connectivity index (χ1v) is 10.9. The summed E-state index contributed by atoms with van der Waals surface area (Å²) < 4.78 is 0. The molecule has 154 valence electrons. The molecule has 2 aliphatic heterocycles. The van der Waals surface area contributed by atoms with Crippen molar-refractivity contribution in [3.63, 3.8) is 0 Å². The highest BCUT2D eigenvalue weighted by atomic mass is 16.2. The lowest BCUT2D eigenvalue weighted by atomic mass is 9.98. The Balaban J connectivity index is 1.84. The van der Waals surface area contributed by atoms with Crippen molar-refractivity contribution in [1.82, 2.24) is 4.90 Å². The molecule has 2 fully saturated rings. The van der Waals surface area contributed by atoms with Crippen LogP contribution in [0.1, 0.15) is 69.7 Å². The number of likely N-dealkylation sites (tertiary alicyclic amines) is 1. The Morgan fingerprint density at radius 2 is 1.75 bits per heavy atom. The Hall–Kier alpha value is -2.04. The summed E-state index contributed by atoms with van der Waals surface area (Å²) in [7, 11) is 0. The van der Waals surface area contributed by atoms with Gasteiger partial charge in [0, 0.05) is 44.0 Å². The van der Waals surface area contributed by atoms with Crippen LogP contribution in [0.25, 0.3) is 0 Å². The van der Waals surface area contributed by atoms with Gasteiger partial charge in [-0.25, -0.2) is 0 Å². The van der Waals surface area contributed by atoms with Crippen LogP contribution in [0.15, 0.2) is 18.2 Å². The third-order valence-electron chi connectivity index (χ3n) is 5.87. The van der Waals surface area contributed by atoms with E-state index in [-0.39, 0.29) is 11.8 Å². The van der Waals surface area contributed by atoms with Gasteiger partial charge >= 0.3 is 0 Å². The number of benzene rings is 1. The van der Waals surface area contributed by atoms with E-state index in [0.29, 0.717) is 18.3 Å². The first kappa shape index (κ1) is 20.7. The highest BCUT2D eigenvalue weighted by Crippen LogP contribution is 2.30. The number of piperidine rings is 2. The Labute approximate surface area is 169 Å². The van der Waals surface area contributed by atoms with Gasteiger partial charge in [-0.1, -0.05) is 20.8 Å². The standard InChI is InChI=1S/C23H35N3O2/c1-17(2)15-22(27)24-19-7-8-21(25-11-5-4-6-12-25)20(16-19)23(28)26-13-9-18(3)10-14-26/h7-8,16-18H,4-6,9-15H2,1-3H3,(H,24,27). The topological polar surface area (TPSA) is 52.7 Å². The molecule has 1 aromatic rings. The third kappa shape index (κ3) is 5.27. The molecule has 28 heavy (non-hydrogen) atoms. The summed E-state index contributed by atoms with van der Waals surface area (Å²) in [4.78, 5) is 29.9. The SMILES string of the molecule is CC(C)CC(=O)Nc1ccc(N2CCCCC2)c(C(=O)N2CCC(C)CC2)c1. The van der Waals surface area contributed by atoms with Crippen LogP contribution in [0.3, 0.4) is 0 Å². The van der Waals surface area contributed by atoms with E-state index in [2.05, 4.69) is 17.1 Å². The maximum absolute atomic E-state index is 13.4. The van der Waals surface area contributed by atoms with Crippen molar-refractivity contribution in [1.29, 1.82) is 0 Å². The van der Waals surface area contributed by atoms with E-state index in [1.165, 1.54) is 19.3 Å². The smallest absolute Gasteiger partial charge is 0.256 e. The van der Waals surface area contributed by atoms with Gasteiger partial charge in [-0.15, -0.1) is 0 Å². The van der Waals surface area contributed by atoms with E-state index >= 15 is 0 Å². The van der Waals surface area contributed by atoms with Crippen LogP contribution < -0.4 is 10.2 Å². The van der Waals surface area contributed by atoms with E-state index in [4.69, 9.17) is 0 Å². The zero-order valence-corrected chi connectivity index (χ0v) is 17.7. The Kier molecular flexibility index (Phi) is 6.97. The van der Waals surface area contributed by atoms with Gasteiger partial charge in [-0.2, -0.15) is 0 Å². The summed E-state index contributed by atoms with van der Waals surface area (Å²) in [5.74, 6) is 1.11. The molecular formula is C23H35N3O2. The van der Waals surface area contributed by atoms with Gasteiger partial charge in [0.05, 0.1) is 5.56 Å². The molecule has 3 rings (SSSR count). The van der Waals surface area contributed by atoms with Crippen LogP contribution in [0.2, 0.25) is 0 Å². The van der Waals surface area contributed by atoms with Gasteiger partial charge in [-0.05, 0) is 62.1 Å². The molecule has 5 nitrogen and oxygen atoms in total. The summed E-state index contributed by atoms with van der Waals surface area (Å²) in [5, 5.41) is 2.98. The number of amides is 2. The number of carbonyl (C=O) groups excluding carboxylic acids is 2. The van der Waals surface area contributed by atoms with E-state index in [9.17, 15) is 9.59 Å². The summed E-state index contributed by atoms with van der Waals surface area (Å²) in [6.45, 7) is 9.96. The molecule has 1 N–H and O–H groups in total. The average molecular weight is 386 g/mol. The van der Waals surface area contributed by atoms with Crippen molar-refractivity contribution >= 4 is 23.2 Å². The molecule has 2 amide bonds. The van der Waals surface area contributed by atoms with Gasteiger partial charge in [-0.3, -0.25) is 9.59 Å². The molecule has 2 heterocycles. The average Bonchev–Trinajstić information content (AvgIpc) is 2.68. The van der Waals surface area contributed by atoms with E-state index in [0.717, 1.165) is 56.0 Å². The van der Waals surface area contributed by atoms with Crippen molar-refractivity contribution < 1.29 is 9.59 Å². The van der Waals surface area contributed by atoms with Gasteiger partial charge in [0.25, 0.3) is 5.91 Å². The molecule has 0 radical (unpaired) electrons. The summed E-state index contributed by atoms with van der Waals surface area (Å²) in [6, 6.07) is 5.86. The normalized spacial score (nSPS) is 18.4. The molecule has 0 aliphatic carbocycles. The van der Waals surface area contributed by atoms with Gasteiger partial charge < -0.3 is 15.1 Å². The van der Waals surface area contributed by atoms with E-state index < -0.39 is 0 Å². The lowest BCUT2D eigenvalue weighted by Gasteiger charge is -2.34. The first-order chi connectivity index (χ1) is 13.4. The monoisotopic (exact) mass is 385 g/mol. The molecule has 2 saturated heterocycles. The minimum atomic E-state index is 0.00548. The van der Waals surface area contributed by atoms with Crippen LogP contribution in [-0.2, 0) is 4.79 Å². The number of hydrogen-bond donors (Lipinski definition) is 1. The zero-order chi connectivity index (χ0) is 20.1. The lowest BCUT2D eigenvalue weighted by molar-refractivity contribution is -0.116. The predicted octanol–water partition coefficient (Wildman–Crippen LogP) is 4.53. The number of anilines is 2. The number of nitrogens with zero attached hydrogens (tertiary/aromatic N) is 2. The number of rotatable bonds is 5. The van der Waals surface area contributed by atoms with Crippen LogP contribution in [-0.4, -0.2) is 42.9 Å². The van der Waals surface area contributed by atoms with Crippen LogP contribution in [0.4, 0.5) is 11.4 Å². The Bertz CT molecular complexity index is 687. The van der Waals surface area contributed by atoms with Gasteiger partial charge in [0.2, 0.25) is 5.91 Å². The minimum absolute atomic E-state index is 0.00548. The fourth-order valence-electron chi connectivity index (χ4n) is 4.16. The lowest BCUT2D eigenvalue weighted by Crippen LogP contribution is -2.39. The molecule has 1 aromatic carbocycles. The molecule has 0 aromatic heterocycles. The van der Waals surface area contributed by atoms with Crippen molar-refractivity contribution in [2.24, 2.45) is 11.8 Å². The molecule has 0 unspecified atom stereocenters. The fraction of sp³-hybridized carbons (Fsp3) is 0.652. The second kappa shape index (κ2) is 9.44. The molecule has 0 saturated carbocycles.